The summed E-state index contributed by atoms with van der Waals surface area (Å²) < 4.78 is 5.43. The van der Waals surface area contributed by atoms with E-state index in [1.807, 2.05) is 32.0 Å². The number of aromatic hydroxyl groups is 1. The molecule has 3 heteroatoms. The zero-order valence-corrected chi connectivity index (χ0v) is 11.0. The predicted molar refractivity (Wildman–Crippen MR) is 74.8 cm³/mol. The maximum atomic E-state index is 10.9. The molecular weight excluding hydrogens is 240 g/mol. The van der Waals surface area contributed by atoms with Crippen molar-refractivity contribution in [2.75, 3.05) is 6.61 Å². The Labute approximate surface area is 112 Å². The molecule has 0 fully saturated rings. The van der Waals surface area contributed by atoms with Crippen molar-refractivity contribution in [1.82, 2.24) is 0 Å². The van der Waals surface area contributed by atoms with Gasteiger partial charge in [0.05, 0.1) is 12.2 Å². The van der Waals surface area contributed by atoms with Crippen molar-refractivity contribution in [3.8, 4) is 22.6 Å². The number of hydrogen-bond acceptors (Lipinski definition) is 3. The van der Waals surface area contributed by atoms with Gasteiger partial charge < -0.3 is 9.84 Å². The van der Waals surface area contributed by atoms with Gasteiger partial charge in [0.15, 0.2) is 6.29 Å². The van der Waals surface area contributed by atoms with Crippen LogP contribution in [0.1, 0.15) is 22.8 Å². The molecule has 0 aliphatic heterocycles. The molecule has 0 aromatic heterocycles. The number of benzene rings is 2. The number of carbonyl (C=O) groups is 1. The molecule has 0 aliphatic rings. The first-order valence-electron chi connectivity index (χ1n) is 6.18. The summed E-state index contributed by atoms with van der Waals surface area (Å²) in [5, 5.41) is 10.1. The van der Waals surface area contributed by atoms with Crippen LogP contribution in [-0.4, -0.2) is 18.0 Å². The molecule has 0 bridgehead atoms. The van der Waals surface area contributed by atoms with Crippen LogP contribution in [0.5, 0.6) is 11.5 Å². The molecule has 0 spiro atoms. The van der Waals surface area contributed by atoms with Crippen molar-refractivity contribution in [2.24, 2.45) is 0 Å². The summed E-state index contributed by atoms with van der Waals surface area (Å²) in [5.41, 5.74) is 2.84. The van der Waals surface area contributed by atoms with Crippen LogP contribution in [0.25, 0.3) is 11.1 Å². The highest BCUT2D eigenvalue weighted by molar-refractivity contribution is 5.86. The lowest BCUT2D eigenvalue weighted by Crippen LogP contribution is -1.93. The third-order valence-corrected chi connectivity index (χ3v) is 2.99. The number of aldehydes is 1. The number of phenols is 1. The topological polar surface area (TPSA) is 46.5 Å². The number of ether oxygens (including phenoxy) is 1. The smallest absolute Gasteiger partial charge is 0.153 e. The van der Waals surface area contributed by atoms with Crippen molar-refractivity contribution >= 4 is 6.29 Å². The predicted octanol–water partition coefficient (Wildman–Crippen LogP) is 3.58. The zero-order chi connectivity index (χ0) is 13.8. The van der Waals surface area contributed by atoms with Crippen LogP contribution < -0.4 is 4.74 Å². The average Bonchev–Trinajstić information content (AvgIpc) is 2.40. The van der Waals surface area contributed by atoms with E-state index in [9.17, 15) is 9.90 Å². The van der Waals surface area contributed by atoms with Crippen LogP contribution in [0.4, 0.5) is 0 Å². The molecule has 19 heavy (non-hydrogen) atoms. The van der Waals surface area contributed by atoms with Gasteiger partial charge in [-0.05, 0) is 43.2 Å². The zero-order valence-electron chi connectivity index (χ0n) is 11.0. The molecule has 2 rings (SSSR count). The van der Waals surface area contributed by atoms with Crippen LogP contribution in [0.15, 0.2) is 36.4 Å². The second-order valence-electron chi connectivity index (χ2n) is 4.27. The third-order valence-electron chi connectivity index (χ3n) is 2.99. The quantitative estimate of drug-likeness (QED) is 0.850. The summed E-state index contributed by atoms with van der Waals surface area (Å²) in [5.74, 6) is 0.819. The van der Waals surface area contributed by atoms with Gasteiger partial charge in [-0.25, -0.2) is 0 Å². The number of hydrogen-bond donors (Lipinski definition) is 1. The van der Waals surface area contributed by atoms with Crippen molar-refractivity contribution in [3.05, 3.63) is 47.5 Å². The van der Waals surface area contributed by atoms with Crippen molar-refractivity contribution < 1.29 is 14.6 Å². The molecule has 0 saturated heterocycles. The average molecular weight is 256 g/mol. The number of rotatable bonds is 4. The summed E-state index contributed by atoms with van der Waals surface area (Å²) in [7, 11) is 0. The highest BCUT2D eigenvalue weighted by atomic mass is 16.5. The first-order chi connectivity index (χ1) is 9.17. The lowest BCUT2D eigenvalue weighted by molar-refractivity contribution is 0.112. The van der Waals surface area contributed by atoms with E-state index >= 15 is 0 Å². The van der Waals surface area contributed by atoms with Crippen LogP contribution in [0, 0.1) is 6.92 Å². The molecule has 0 unspecified atom stereocenters. The van der Waals surface area contributed by atoms with Crippen LogP contribution in [0.3, 0.4) is 0 Å². The Morgan fingerprint density at radius 2 is 2.00 bits per heavy atom. The second-order valence-corrected chi connectivity index (χ2v) is 4.27. The molecular formula is C16H16O3. The highest BCUT2D eigenvalue weighted by Crippen LogP contribution is 2.34. The van der Waals surface area contributed by atoms with Crippen molar-refractivity contribution in [2.45, 2.75) is 13.8 Å². The van der Waals surface area contributed by atoms with Gasteiger partial charge in [0.1, 0.15) is 11.5 Å². The van der Waals surface area contributed by atoms with Gasteiger partial charge in [-0.3, -0.25) is 4.79 Å². The van der Waals surface area contributed by atoms with Gasteiger partial charge in [0.2, 0.25) is 0 Å². The van der Waals surface area contributed by atoms with Crippen LogP contribution in [0.2, 0.25) is 0 Å². The maximum Gasteiger partial charge on any atom is 0.153 e. The summed E-state index contributed by atoms with van der Waals surface area (Å²) in [4.78, 5) is 10.9. The fourth-order valence-corrected chi connectivity index (χ4v) is 2.07. The SMILES string of the molecule is CCOc1ccc(-c2cccc(C=O)c2O)c(C)c1. The second kappa shape index (κ2) is 5.57. The Balaban J connectivity index is 2.50. The lowest BCUT2D eigenvalue weighted by Gasteiger charge is -2.11. The Morgan fingerprint density at radius 1 is 1.21 bits per heavy atom. The van der Waals surface area contributed by atoms with E-state index in [1.54, 1.807) is 18.2 Å². The minimum atomic E-state index is 0.0183. The number of phenolic OH excluding ortho intramolecular Hbond substituents is 1. The van der Waals surface area contributed by atoms with E-state index in [4.69, 9.17) is 4.74 Å². The lowest BCUT2D eigenvalue weighted by atomic mass is 9.97. The minimum Gasteiger partial charge on any atom is -0.507 e. The maximum absolute atomic E-state index is 10.9. The van der Waals surface area contributed by atoms with Crippen LogP contribution >= 0.6 is 0 Å². The van der Waals surface area contributed by atoms with E-state index in [0.29, 0.717) is 24.0 Å². The van der Waals surface area contributed by atoms with E-state index in [2.05, 4.69) is 0 Å². The molecule has 2 aromatic carbocycles. The number of aryl methyl sites for hydroxylation is 1. The molecule has 0 saturated carbocycles. The summed E-state index contributed by atoms with van der Waals surface area (Å²) in [6, 6.07) is 10.8. The standard InChI is InChI=1S/C16H16O3/c1-3-19-13-7-8-14(11(2)9-13)15-6-4-5-12(10-17)16(15)18/h4-10,18H,3H2,1-2H3. The van der Waals surface area contributed by atoms with Crippen LogP contribution in [-0.2, 0) is 0 Å². The van der Waals surface area contributed by atoms with Gasteiger partial charge in [-0.1, -0.05) is 18.2 Å². The minimum absolute atomic E-state index is 0.0183. The van der Waals surface area contributed by atoms with Gasteiger partial charge in [-0.2, -0.15) is 0 Å². The first-order valence-corrected chi connectivity index (χ1v) is 6.18. The highest BCUT2D eigenvalue weighted by Gasteiger charge is 2.11. The summed E-state index contributed by atoms with van der Waals surface area (Å²) >= 11 is 0. The Kier molecular flexibility index (Phi) is 3.85. The molecule has 3 nitrogen and oxygen atoms in total. The molecule has 0 atom stereocenters. The largest absolute Gasteiger partial charge is 0.507 e. The van der Waals surface area contributed by atoms with Gasteiger partial charge in [0, 0.05) is 5.56 Å². The fraction of sp³-hybridized carbons (Fsp3) is 0.188. The number of para-hydroxylation sites is 1. The first kappa shape index (κ1) is 13.1. The van der Waals surface area contributed by atoms with Gasteiger partial charge >= 0.3 is 0 Å². The summed E-state index contributed by atoms with van der Waals surface area (Å²) in [6.45, 7) is 4.50. The van der Waals surface area contributed by atoms with E-state index in [0.717, 1.165) is 16.9 Å². The fourth-order valence-electron chi connectivity index (χ4n) is 2.07. The molecule has 1 N–H and O–H groups in total. The van der Waals surface area contributed by atoms with E-state index in [-0.39, 0.29) is 5.75 Å². The Hall–Kier alpha value is -2.29. The molecule has 0 heterocycles. The molecule has 2 aromatic rings. The third kappa shape index (κ3) is 2.60. The van der Waals surface area contributed by atoms with Crippen molar-refractivity contribution in [1.29, 1.82) is 0 Å². The molecule has 98 valence electrons. The number of carbonyl (C=O) groups excluding carboxylic acids is 1. The van der Waals surface area contributed by atoms with Crippen molar-refractivity contribution in [3.63, 3.8) is 0 Å². The monoisotopic (exact) mass is 256 g/mol. The molecule has 0 radical (unpaired) electrons. The van der Waals surface area contributed by atoms with E-state index < -0.39 is 0 Å². The Bertz CT molecular complexity index is 603. The summed E-state index contributed by atoms with van der Waals surface area (Å²) in [6.07, 6.45) is 0.655. The normalized spacial score (nSPS) is 10.2. The molecule has 0 amide bonds. The Morgan fingerprint density at radius 3 is 2.63 bits per heavy atom. The molecule has 0 aliphatic carbocycles. The van der Waals surface area contributed by atoms with Gasteiger partial charge in [-0.15, -0.1) is 0 Å². The van der Waals surface area contributed by atoms with Gasteiger partial charge in [0.25, 0.3) is 0 Å². The van der Waals surface area contributed by atoms with E-state index in [1.165, 1.54) is 0 Å².